The summed E-state index contributed by atoms with van der Waals surface area (Å²) < 4.78 is 26.3. The molecule has 0 aliphatic heterocycles. The maximum Gasteiger partial charge on any atom is 0.244 e. The number of nitrogens with one attached hydrogen (secondary N) is 1. The normalized spacial score (nSPS) is 12.2. The van der Waals surface area contributed by atoms with Crippen LogP contribution in [0.3, 0.4) is 0 Å². The number of nitrogens with zero attached hydrogens (tertiary/aromatic N) is 2. The van der Waals surface area contributed by atoms with Crippen molar-refractivity contribution < 1.29 is 18.0 Å². The number of sulfonamides is 1. The number of halogens is 1. The van der Waals surface area contributed by atoms with Gasteiger partial charge in [0.1, 0.15) is 12.6 Å². The average Bonchev–Trinajstić information content (AvgIpc) is 2.72. The van der Waals surface area contributed by atoms with Gasteiger partial charge in [0.25, 0.3) is 0 Å². The summed E-state index contributed by atoms with van der Waals surface area (Å²) in [6, 6.07) is 11.5. The Morgan fingerprint density at radius 3 is 2.28 bits per heavy atom. The molecule has 0 radical (unpaired) electrons. The number of carbonyl (C=O) groups excluding carboxylic acids is 2. The zero-order valence-electron chi connectivity index (χ0n) is 19.1. The van der Waals surface area contributed by atoms with Gasteiger partial charge in [-0.1, -0.05) is 35.9 Å². The Morgan fingerprint density at radius 2 is 1.72 bits per heavy atom. The number of hydrogen-bond donors (Lipinski definition) is 1. The van der Waals surface area contributed by atoms with Gasteiger partial charge in [0.05, 0.1) is 11.9 Å². The molecule has 2 rings (SSSR count). The fourth-order valence-electron chi connectivity index (χ4n) is 3.29. The van der Waals surface area contributed by atoms with Crippen LogP contribution in [-0.2, 0) is 26.2 Å². The van der Waals surface area contributed by atoms with E-state index in [0.29, 0.717) is 17.3 Å². The second-order valence-corrected chi connectivity index (χ2v) is 10.1. The Morgan fingerprint density at radius 1 is 1.09 bits per heavy atom. The third-order valence-corrected chi connectivity index (χ3v) is 6.69. The van der Waals surface area contributed by atoms with Crippen LogP contribution in [0.25, 0.3) is 0 Å². The number of aryl methyl sites for hydroxylation is 1. The van der Waals surface area contributed by atoms with Gasteiger partial charge in [-0.05, 0) is 62.6 Å². The largest absolute Gasteiger partial charge is 0.355 e. The minimum absolute atomic E-state index is 0.138. The summed E-state index contributed by atoms with van der Waals surface area (Å²) in [6.45, 7) is 7.26. The average molecular weight is 480 g/mol. The monoisotopic (exact) mass is 479 g/mol. The van der Waals surface area contributed by atoms with Crippen molar-refractivity contribution >= 4 is 39.1 Å². The van der Waals surface area contributed by atoms with Gasteiger partial charge in [0.15, 0.2) is 0 Å². The molecule has 0 bridgehead atoms. The van der Waals surface area contributed by atoms with Crippen LogP contribution in [0.2, 0.25) is 5.02 Å². The van der Waals surface area contributed by atoms with E-state index in [2.05, 4.69) is 5.32 Å². The summed E-state index contributed by atoms with van der Waals surface area (Å²) in [7, 11) is -3.75. The maximum atomic E-state index is 13.4. The third kappa shape index (κ3) is 6.46. The SMILES string of the molecule is CCNC(=O)[C@H](C)N(Cc1ccc(Cl)cc1)C(=O)CN(c1cccc(C)c1C)S(C)(=O)=O. The molecule has 9 heteroatoms. The first-order chi connectivity index (χ1) is 15.0. The van der Waals surface area contributed by atoms with Gasteiger partial charge < -0.3 is 10.2 Å². The van der Waals surface area contributed by atoms with E-state index in [9.17, 15) is 18.0 Å². The molecule has 0 saturated carbocycles. The zero-order valence-corrected chi connectivity index (χ0v) is 20.6. The van der Waals surface area contributed by atoms with Crippen molar-refractivity contribution in [3.8, 4) is 0 Å². The molecule has 0 aliphatic rings. The molecule has 2 amide bonds. The zero-order chi connectivity index (χ0) is 24.1. The number of hydrogen-bond acceptors (Lipinski definition) is 4. The Labute approximate surface area is 195 Å². The smallest absolute Gasteiger partial charge is 0.244 e. The highest BCUT2D eigenvalue weighted by Crippen LogP contribution is 2.25. The van der Waals surface area contributed by atoms with E-state index >= 15 is 0 Å². The van der Waals surface area contributed by atoms with Crippen molar-refractivity contribution in [3.63, 3.8) is 0 Å². The third-order valence-electron chi connectivity index (χ3n) is 5.31. The van der Waals surface area contributed by atoms with Gasteiger partial charge >= 0.3 is 0 Å². The Bertz CT molecular complexity index is 1070. The van der Waals surface area contributed by atoms with Crippen LogP contribution in [0.1, 0.15) is 30.5 Å². The molecule has 0 heterocycles. The molecule has 1 N–H and O–H groups in total. The number of amides is 2. The topological polar surface area (TPSA) is 86.8 Å². The summed E-state index contributed by atoms with van der Waals surface area (Å²) in [4.78, 5) is 27.3. The molecule has 32 heavy (non-hydrogen) atoms. The van der Waals surface area contributed by atoms with Gasteiger partial charge in [-0.15, -0.1) is 0 Å². The number of likely N-dealkylation sites (N-methyl/N-ethyl adjacent to an activating group) is 1. The molecule has 1 atom stereocenters. The van der Waals surface area contributed by atoms with Crippen LogP contribution >= 0.6 is 11.6 Å². The lowest BCUT2D eigenvalue weighted by atomic mass is 10.1. The molecule has 0 saturated heterocycles. The number of anilines is 1. The van der Waals surface area contributed by atoms with Gasteiger partial charge in [0, 0.05) is 18.1 Å². The minimum atomic E-state index is -3.75. The first-order valence-electron chi connectivity index (χ1n) is 10.3. The van der Waals surface area contributed by atoms with Crippen LogP contribution in [0, 0.1) is 13.8 Å². The molecule has 0 spiro atoms. The Kier molecular flexibility index (Phi) is 8.69. The van der Waals surface area contributed by atoms with E-state index in [-0.39, 0.29) is 12.5 Å². The highest BCUT2D eigenvalue weighted by atomic mass is 35.5. The highest BCUT2D eigenvalue weighted by Gasteiger charge is 2.30. The lowest BCUT2D eigenvalue weighted by molar-refractivity contribution is -0.139. The van der Waals surface area contributed by atoms with Crippen molar-refractivity contribution in [2.75, 3.05) is 23.7 Å². The van der Waals surface area contributed by atoms with E-state index in [1.807, 2.05) is 19.9 Å². The van der Waals surface area contributed by atoms with Crippen LogP contribution < -0.4 is 9.62 Å². The van der Waals surface area contributed by atoms with E-state index in [4.69, 9.17) is 11.6 Å². The predicted molar refractivity (Wildman–Crippen MR) is 128 cm³/mol. The Hall–Kier alpha value is -2.58. The number of rotatable bonds is 9. The van der Waals surface area contributed by atoms with Crippen molar-refractivity contribution in [2.24, 2.45) is 0 Å². The van der Waals surface area contributed by atoms with E-state index in [1.165, 1.54) is 4.90 Å². The summed E-state index contributed by atoms with van der Waals surface area (Å²) in [5.41, 5.74) is 2.90. The molecular weight excluding hydrogens is 450 g/mol. The first-order valence-corrected chi connectivity index (χ1v) is 12.5. The molecule has 0 aliphatic carbocycles. The standard InChI is InChI=1S/C23H30ClN3O4S/c1-6-25-23(29)18(4)26(14-19-10-12-20(24)13-11-19)22(28)15-27(32(5,30)31)21-9-7-8-16(2)17(21)3/h7-13,18H,6,14-15H2,1-5H3,(H,25,29)/t18-/m0/s1. The predicted octanol–water partition coefficient (Wildman–Crippen LogP) is 3.28. The molecule has 174 valence electrons. The van der Waals surface area contributed by atoms with Crippen molar-refractivity contribution in [1.82, 2.24) is 10.2 Å². The van der Waals surface area contributed by atoms with Gasteiger partial charge in [-0.3, -0.25) is 13.9 Å². The molecule has 0 fully saturated rings. The summed E-state index contributed by atoms with van der Waals surface area (Å²) >= 11 is 5.96. The molecule has 0 aromatic heterocycles. The summed E-state index contributed by atoms with van der Waals surface area (Å²) in [6.07, 6.45) is 1.07. The molecule has 2 aromatic rings. The van der Waals surface area contributed by atoms with Gasteiger partial charge in [-0.25, -0.2) is 8.42 Å². The van der Waals surface area contributed by atoms with E-state index in [1.54, 1.807) is 50.2 Å². The molecule has 2 aromatic carbocycles. The lowest BCUT2D eigenvalue weighted by Crippen LogP contribution is -2.51. The van der Waals surface area contributed by atoms with Crippen molar-refractivity contribution in [1.29, 1.82) is 0 Å². The van der Waals surface area contributed by atoms with E-state index < -0.39 is 28.5 Å². The number of benzene rings is 2. The fourth-order valence-corrected chi connectivity index (χ4v) is 4.32. The summed E-state index contributed by atoms with van der Waals surface area (Å²) in [5.74, 6) is -0.794. The van der Waals surface area contributed by atoms with Gasteiger partial charge in [-0.2, -0.15) is 0 Å². The number of carbonyl (C=O) groups is 2. The van der Waals surface area contributed by atoms with Gasteiger partial charge in [0.2, 0.25) is 21.8 Å². The molecule has 7 nitrogen and oxygen atoms in total. The van der Waals surface area contributed by atoms with Crippen LogP contribution in [0.4, 0.5) is 5.69 Å². The van der Waals surface area contributed by atoms with Crippen molar-refractivity contribution in [2.45, 2.75) is 40.3 Å². The quantitative estimate of drug-likeness (QED) is 0.598. The fraction of sp³-hybridized carbons (Fsp3) is 0.391. The first kappa shape index (κ1) is 25.7. The highest BCUT2D eigenvalue weighted by molar-refractivity contribution is 7.92. The second-order valence-electron chi connectivity index (χ2n) is 7.71. The lowest BCUT2D eigenvalue weighted by Gasteiger charge is -2.32. The van der Waals surface area contributed by atoms with Crippen molar-refractivity contribution in [3.05, 3.63) is 64.2 Å². The van der Waals surface area contributed by atoms with E-state index in [0.717, 1.165) is 27.3 Å². The maximum absolute atomic E-state index is 13.4. The minimum Gasteiger partial charge on any atom is -0.355 e. The molecular formula is C23H30ClN3O4S. The Balaban J connectivity index is 2.42. The summed E-state index contributed by atoms with van der Waals surface area (Å²) in [5, 5.41) is 3.28. The molecule has 0 unspecified atom stereocenters. The van der Waals surface area contributed by atoms with Crippen LogP contribution in [0.5, 0.6) is 0 Å². The van der Waals surface area contributed by atoms with Crippen LogP contribution in [-0.4, -0.2) is 50.5 Å². The second kappa shape index (κ2) is 10.8. The van der Waals surface area contributed by atoms with Crippen LogP contribution in [0.15, 0.2) is 42.5 Å².